The summed E-state index contributed by atoms with van der Waals surface area (Å²) in [5, 5.41) is 4.98. The molecule has 1 rings (SSSR count). The summed E-state index contributed by atoms with van der Waals surface area (Å²) in [6, 6.07) is 2.07. The van der Waals surface area contributed by atoms with Gasteiger partial charge in [-0.3, -0.25) is 0 Å². The van der Waals surface area contributed by atoms with Crippen LogP contribution in [0, 0.1) is 5.92 Å². The summed E-state index contributed by atoms with van der Waals surface area (Å²) in [5.41, 5.74) is 0. The molecule has 0 saturated heterocycles. The van der Waals surface area contributed by atoms with Gasteiger partial charge >= 0.3 is 0 Å². The van der Waals surface area contributed by atoms with Crippen molar-refractivity contribution in [2.24, 2.45) is 5.92 Å². The fraction of sp³-hybridized carbons (Fsp3) is 0.692. The van der Waals surface area contributed by atoms with Gasteiger partial charge in [0.25, 0.3) is 0 Å². The summed E-state index contributed by atoms with van der Waals surface area (Å²) < 4.78 is 27.1. The van der Waals surface area contributed by atoms with E-state index in [0.29, 0.717) is 17.5 Å². The van der Waals surface area contributed by atoms with Gasteiger partial charge in [0.2, 0.25) is 10.0 Å². The molecule has 1 aromatic rings. The second kappa shape index (κ2) is 6.83. The van der Waals surface area contributed by atoms with Crippen molar-refractivity contribution >= 4 is 21.4 Å². The van der Waals surface area contributed by atoms with Gasteiger partial charge in [-0.1, -0.05) is 27.7 Å². The standard InChI is InChI=1S/C13H24N2O2S2/c1-9(2)11(5)15-19(16,17)13-6-12(18-8-13)7-14-10(3)4/h6,8-11,14-15H,7H2,1-5H3. The minimum Gasteiger partial charge on any atom is -0.310 e. The zero-order chi connectivity index (χ0) is 14.6. The highest BCUT2D eigenvalue weighted by Crippen LogP contribution is 2.20. The van der Waals surface area contributed by atoms with Crippen LogP contribution in [0.3, 0.4) is 0 Å². The fourth-order valence-corrected chi connectivity index (χ4v) is 3.97. The second-order valence-corrected chi connectivity index (χ2v) is 8.15. The smallest absolute Gasteiger partial charge is 0.241 e. The molecule has 0 radical (unpaired) electrons. The molecule has 1 heterocycles. The molecule has 0 amide bonds. The number of hydrogen-bond acceptors (Lipinski definition) is 4. The zero-order valence-corrected chi connectivity index (χ0v) is 13.9. The first kappa shape index (κ1) is 16.6. The molecule has 1 unspecified atom stereocenters. The SMILES string of the molecule is CC(C)NCc1cc(S(=O)(=O)NC(C)C(C)C)cs1. The predicted molar refractivity (Wildman–Crippen MR) is 80.9 cm³/mol. The van der Waals surface area contributed by atoms with Crippen LogP contribution in [0.25, 0.3) is 0 Å². The Balaban J connectivity index is 2.74. The summed E-state index contributed by atoms with van der Waals surface area (Å²) in [6.45, 7) is 10.7. The molecule has 0 bridgehead atoms. The molecule has 4 nitrogen and oxygen atoms in total. The molecule has 19 heavy (non-hydrogen) atoms. The molecule has 0 fully saturated rings. The fourth-order valence-electron chi connectivity index (χ4n) is 1.35. The third kappa shape index (κ3) is 5.22. The van der Waals surface area contributed by atoms with Crippen molar-refractivity contribution in [3.05, 3.63) is 16.3 Å². The lowest BCUT2D eigenvalue weighted by Gasteiger charge is -2.16. The van der Waals surface area contributed by atoms with Gasteiger partial charge in [-0.2, -0.15) is 0 Å². The second-order valence-electron chi connectivity index (χ2n) is 5.44. The largest absolute Gasteiger partial charge is 0.310 e. The van der Waals surface area contributed by atoms with Crippen molar-refractivity contribution < 1.29 is 8.42 Å². The monoisotopic (exact) mass is 304 g/mol. The average molecular weight is 304 g/mol. The minimum atomic E-state index is -3.39. The van der Waals surface area contributed by atoms with E-state index in [1.165, 1.54) is 11.3 Å². The molecule has 2 N–H and O–H groups in total. The van der Waals surface area contributed by atoms with Crippen LogP contribution in [-0.2, 0) is 16.6 Å². The third-order valence-electron chi connectivity index (χ3n) is 2.97. The summed E-state index contributed by atoms with van der Waals surface area (Å²) in [7, 11) is -3.39. The Labute approximate surface area is 120 Å². The van der Waals surface area contributed by atoms with E-state index in [-0.39, 0.29) is 12.0 Å². The Morgan fingerprint density at radius 2 is 1.84 bits per heavy atom. The van der Waals surface area contributed by atoms with Crippen LogP contribution in [0.1, 0.15) is 39.5 Å². The molecule has 0 saturated carbocycles. The van der Waals surface area contributed by atoms with Crippen molar-refractivity contribution in [1.29, 1.82) is 0 Å². The van der Waals surface area contributed by atoms with E-state index < -0.39 is 10.0 Å². The first-order chi connectivity index (χ1) is 8.72. The number of rotatable bonds is 7. The van der Waals surface area contributed by atoms with Crippen molar-refractivity contribution in [2.75, 3.05) is 0 Å². The lowest BCUT2D eigenvalue weighted by Crippen LogP contribution is -2.35. The average Bonchev–Trinajstić information content (AvgIpc) is 2.74. The van der Waals surface area contributed by atoms with Crippen LogP contribution in [0.5, 0.6) is 0 Å². The lowest BCUT2D eigenvalue weighted by atomic mass is 10.1. The lowest BCUT2D eigenvalue weighted by molar-refractivity contribution is 0.476. The van der Waals surface area contributed by atoms with E-state index in [4.69, 9.17) is 0 Å². The molecule has 0 aromatic carbocycles. The molecular formula is C13H24N2O2S2. The van der Waals surface area contributed by atoms with Gasteiger partial charge < -0.3 is 5.32 Å². The predicted octanol–water partition coefficient (Wildman–Crippen LogP) is 2.57. The molecular weight excluding hydrogens is 280 g/mol. The summed E-state index contributed by atoms with van der Waals surface area (Å²) >= 11 is 1.47. The molecule has 0 aliphatic rings. The van der Waals surface area contributed by atoms with Crippen LogP contribution in [0.4, 0.5) is 0 Å². The van der Waals surface area contributed by atoms with Crippen LogP contribution in [0.2, 0.25) is 0 Å². The molecule has 0 aliphatic heterocycles. The summed E-state index contributed by atoms with van der Waals surface area (Å²) in [6.07, 6.45) is 0. The van der Waals surface area contributed by atoms with Gasteiger partial charge in [-0.15, -0.1) is 11.3 Å². The minimum absolute atomic E-state index is 0.0675. The van der Waals surface area contributed by atoms with Crippen LogP contribution in [0.15, 0.2) is 16.3 Å². The first-order valence-electron chi connectivity index (χ1n) is 6.55. The van der Waals surface area contributed by atoms with Crippen molar-refractivity contribution in [3.8, 4) is 0 Å². The molecule has 6 heteroatoms. The Morgan fingerprint density at radius 3 is 2.37 bits per heavy atom. The summed E-state index contributed by atoms with van der Waals surface area (Å²) in [4.78, 5) is 1.40. The normalized spacial score (nSPS) is 14.3. The molecule has 1 atom stereocenters. The Bertz CT molecular complexity index is 492. The molecule has 0 aliphatic carbocycles. The van der Waals surface area contributed by atoms with Gasteiger partial charge in [0.05, 0.1) is 4.90 Å². The maximum Gasteiger partial charge on any atom is 0.241 e. The number of thiophene rings is 1. The number of hydrogen-bond donors (Lipinski definition) is 2. The molecule has 110 valence electrons. The number of sulfonamides is 1. The van der Waals surface area contributed by atoms with Gasteiger partial charge in [0, 0.05) is 28.9 Å². The van der Waals surface area contributed by atoms with Gasteiger partial charge in [-0.05, 0) is 18.9 Å². The number of nitrogens with one attached hydrogen (secondary N) is 2. The highest BCUT2D eigenvalue weighted by molar-refractivity contribution is 7.89. The highest BCUT2D eigenvalue weighted by Gasteiger charge is 2.20. The van der Waals surface area contributed by atoms with E-state index >= 15 is 0 Å². The van der Waals surface area contributed by atoms with Gasteiger partial charge in [-0.25, -0.2) is 13.1 Å². The van der Waals surface area contributed by atoms with E-state index in [1.807, 2.05) is 20.8 Å². The van der Waals surface area contributed by atoms with E-state index in [9.17, 15) is 8.42 Å². The van der Waals surface area contributed by atoms with Crippen molar-refractivity contribution in [3.63, 3.8) is 0 Å². The highest BCUT2D eigenvalue weighted by atomic mass is 32.2. The zero-order valence-electron chi connectivity index (χ0n) is 12.2. The van der Waals surface area contributed by atoms with Gasteiger partial charge in [0.15, 0.2) is 0 Å². The quantitative estimate of drug-likeness (QED) is 0.814. The third-order valence-corrected chi connectivity index (χ3v) is 5.59. The maximum atomic E-state index is 12.2. The molecule has 0 spiro atoms. The van der Waals surface area contributed by atoms with Crippen LogP contribution >= 0.6 is 11.3 Å². The first-order valence-corrected chi connectivity index (χ1v) is 8.91. The van der Waals surface area contributed by atoms with E-state index in [0.717, 1.165) is 4.88 Å². The van der Waals surface area contributed by atoms with E-state index in [1.54, 1.807) is 11.4 Å². The summed E-state index contributed by atoms with van der Waals surface area (Å²) in [5.74, 6) is 0.274. The maximum absolute atomic E-state index is 12.2. The van der Waals surface area contributed by atoms with Crippen LogP contribution < -0.4 is 10.0 Å². The van der Waals surface area contributed by atoms with E-state index in [2.05, 4.69) is 23.9 Å². The Hall–Kier alpha value is -0.430. The Kier molecular flexibility index (Phi) is 5.98. The van der Waals surface area contributed by atoms with Crippen molar-refractivity contribution in [2.45, 2.75) is 58.1 Å². The van der Waals surface area contributed by atoms with Gasteiger partial charge in [0.1, 0.15) is 0 Å². The van der Waals surface area contributed by atoms with Crippen LogP contribution in [-0.4, -0.2) is 20.5 Å². The topological polar surface area (TPSA) is 58.2 Å². The molecule has 1 aromatic heterocycles. The van der Waals surface area contributed by atoms with Crippen molar-refractivity contribution in [1.82, 2.24) is 10.0 Å². The Morgan fingerprint density at radius 1 is 1.21 bits per heavy atom.